The summed E-state index contributed by atoms with van der Waals surface area (Å²) in [5.74, 6) is 0.497. The number of hydrogen-bond donors (Lipinski definition) is 2. The smallest absolute Gasteiger partial charge is 0.276 e. The van der Waals surface area contributed by atoms with E-state index in [-0.39, 0.29) is 17.5 Å². The fraction of sp³-hybridized carbons (Fsp3) is 0.154. The van der Waals surface area contributed by atoms with E-state index in [0.29, 0.717) is 5.82 Å². The van der Waals surface area contributed by atoms with Crippen molar-refractivity contribution in [2.45, 2.75) is 13.0 Å². The number of nitrogen functional groups attached to an aromatic ring is 1. The fourth-order valence-corrected chi connectivity index (χ4v) is 2.04. The Morgan fingerprint density at radius 2 is 2.00 bits per heavy atom. The van der Waals surface area contributed by atoms with Gasteiger partial charge in [0.05, 0.1) is 17.1 Å². The highest BCUT2D eigenvalue weighted by atomic mass is 79.9. The van der Waals surface area contributed by atoms with Gasteiger partial charge < -0.3 is 11.1 Å². The number of nitrogens with zero attached hydrogens (tertiary/aromatic N) is 2. The zero-order chi connectivity index (χ0) is 14.7. The van der Waals surface area contributed by atoms with Gasteiger partial charge in [0.15, 0.2) is 0 Å². The number of rotatable bonds is 4. The molecule has 1 atom stereocenters. The summed E-state index contributed by atoms with van der Waals surface area (Å²) in [6.45, 7) is 1.94. The summed E-state index contributed by atoms with van der Waals surface area (Å²) in [5, 5.41) is 13.9. The first-order chi connectivity index (χ1) is 9.45. The molecule has 0 radical (unpaired) electrons. The molecular weight excluding hydrogens is 324 g/mol. The van der Waals surface area contributed by atoms with E-state index in [1.54, 1.807) is 0 Å². The van der Waals surface area contributed by atoms with E-state index in [0.717, 1.165) is 10.0 Å². The first-order valence-electron chi connectivity index (χ1n) is 5.89. The van der Waals surface area contributed by atoms with Crippen LogP contribution in [-0.2, 0) is 0 Å². The summed E-state index contributed by atoms with van der Waals surface area (Å²) in [7, 11) is 0. The van der Waals surface area contributed by atoms with E-state index in [1.807, 2.05) is 31.2 Å². The van der Waals surface area contributed by atoms with Crippen LogP contribution in [-0.4, -0.2) is 9.91 Å². The van der Waals surface area contributed by atoms with Crippen LogP contribution in [0.3, 0.4) is 0 Å². The lowest BCUT2D eigenvalue weighted by Gasteiger charge is -2.15. The van der Waals surface area contributed by atoms with Crippen LogP contribution in [0.1, 0.15) is 18.5 Å². The lowest BCUT2D eigenvalue weighted by molar-refractivity contribution is -0.384. The Morgan fingerprint density at radius 3 is 2.60 bits per heavy atom. The minimum absolute atomic E-state index is 0.0444. The van der Waals surface area contributed by atoms with Crippen LogP contribution in [0.15, 0.2) is 40.9 Å². The molecule has 2 rings (SSSR count). The minimum atomic E-state index is -0.493. The second kappa shape index (κ2) is 5.87. The number of benzene rings is 1. The molecule has 1 aromatic carbocycles. The van der Waals surface area contributed by atoms with Crippen LogP contribution in [0.5, 0.6) is 0 Å². The highest BCUT2D eigenvalue weighted by molar-refractivity contribution is 9.10. The molecule has 0 aliphatic rings. The van der Waals surface area contributed by atoms with Crippen molar-refractivity contribution in [3.63, 3.8) is 0 Å². The minimum Gasteiger partial charge on any atom is -0.383 e. The van der Waals surface area contributed by atoms with E-state index in [4.69, 9.17) is 5.73 Å². The summed E-state index contributed by atoms with van der Waals surface area (Å²) < 4.78 is 0.992. The number of halogens is 1. The number of nitrogens with one attached hydrogen (secondary N) is 1. The van der Waals surface area contributed by atoms with Crippen LogP contribution in [0.25, 0.3) is 0 Å². The van der Waals surface area contributed by atoms with Gasteiger partial charge in [0.1, 0.15) is 11.6 Å². The molecule has 3 N–H and O–H groups in total. The standard InChI is InChI=1S/C13H13BrN4O2/c1-8(9-2-4-10(14)5-3-9)16-13-7-11(18(19)20)6-12(15)17-13/h2-8H,1H3,(H3,15,16,17). The van der Waals surface area contributed by atoms with E-state index < -0.39 is 4.92 Å². The molecule has 1 unspecified atom stereocenters. The summed E-state index contributed by atoms with van der Waals surface area (Å²) in [6, 6.07) is 10.3. The first-order valence-corrected chi connectivity index (χ1v) is 6.69. The van der Waals surface area contributed by atoms with Gasteiger partial charge in [-0.25, -0.2) is 4.98 Å². The number of nitro groups is 1. The van der Waals surface area contributed by atoms with Gasteiger partial charge >= 0.3 is 0 Å². The molecular formula is C13H13BrN4O2. The molecule has 0 amide bonds. The molecule has 0 aliphatic carbocycles. The highest BCUT2D eigenvalue weighted by Crippen LogP contribution is 2.24. The van der Waals surface area contributed by atoms with Gasteiger partial charge in [-0.05, 0) is 24.6 Å². The third-order valence-electron chi connectivity index (χ3n) is 2.78. The lowest BCUT2D eigenvalue weighted by Crippen LogP contribution is -2.09. The fourth-order valence-electron chi connectivity index (χ4n) is 1.77. The van der Waals surface area contributed by atoms with Gasteiger partial charge in [0, 0.05) is 10.5 Å². The quantitative estimate of drug-likeness (QED) is 0.658. The van der Waals surface area contributed by atoms with Crippen molar-refractivity contribution in [3.05, 3.63) is 56.5 Å². The predicted molar refractivity (Wildman–Crippen MR) is 81.5 cm³/mol. The van der Waals surface area contributed by atoms with Crippen molar-refractivity contribution in [2.24, 2.45) is 0 Å². The van der Waals surface area contributed by atoms with Crippen molar-refractivity contribution in [3.8, 4) is 0 Å². The number of hydrogen-bond acceptors (Lipinski definition) is 5. The second-order valence-corrected chi connectivity index (χ2v) is 5.23. The molecule has 104 valence electrons. The van der Waals surface area contributed by atoms with Crippen molar-refractivity contribution in [2.75, 3.05) is 11.1 Å². The van der Waals surface area contributed by atoms with E-state index in [9.17, 15) is 10.1 Å². The van der Waals surface area contributed by atoms with Crippen molar-refractivity contribution >= 4 is 33.3 Å². The highest BCUT2D eigenvalue weighted by Gasteiger charge is 2.12. The molecule has 0 fully saturated rings. The van der Waals surface area contributed by atoms with Gasteiger partial charge in [-0.1, -0.05) is 28.1 Å². The molecule has 1 aromatic heterocycles. The van der Waals surface area contributed by atoms with E-state index in [2.05, 4.69) is 26.2 Å². The number of nitrogens with two attached hydrogens (primary N) is 1. The Balaban J connectivity index is 2.21. The van der Waals surface area contributed by atoms with E-state index in [1.165, 1.54) is 12.1 Å². The summed E-state index contributed by atoms with van der Waals surface area (Å²) >= 11 is 3.37. The molecule has 0 saturated carbocycles. The maximum Gasteiger partial charge on any atom is 0.276 e. The molecule has 0 aliphatic heterocycles. The van der Waals surface area contributed by atoms with Crippen molar-refractivity contribution in [1.82, 2.24) is 4.98 Å². The number of pyridine rings is 1. The first kappa shape index (κ1) is 14.3. The Hall–Kier alpha value is -2.15. The van der Waals surface area contributed by atoms with Gasteiger partial charge in [0.25, 0.3) is 5.69 Å². The third-order valence-corrected chi connectivity index (χ3v) is 3.30. The Morgan fingerprint density at radius 1 is 1.35 bits per heavy atom. The average Bonchev–Trinajstić information content (AvgIpc) is 2.38. The summed E-state index contributed by atoms with van der Waals surface area (Å²) in [5.41, 5.74) is 6.53. The SMILES string of the molecule is CC(Nc1cc([N+](=O)[O-])cc(N)n1)c1ccc(Br)cc1. The molecule has 0 bridgehead atoms. The molecule has 20 heavy (non-hydrogen) atoms. The summed E-state index contributed by atoms with van der Waals surface area (Å²) in [4.78, 5) is 14.3. The van der Waals surface area contributed by atoms with Gasteiger partial charge in [-0.2, -0.15) is 0 Å². The monoisotopic (exact) mass is 336 g/mol. The molecule has 7 heteroatoms. The van der Waals surface area contributed by atoms with Gasteiger partial charge in [-0.15, -0.1) is 0 Å². The molecule has 1 heterocycles. The largest absolute Gasteiger partial charge is 0.383 e. The van der Waals surface area contributed by atoms with Crippen molar-refractivity contribution in [1.29, 1.82) is 0 Å². The topological polar surface area (TPSA) is 94.1 Å². The van der Waals surface area contributed by atoms with Crippen LogP contribution in [0.4, 0.5) is 17.3 Å². The Bertz CT molecular complexity index is 631. The molecule has 2 aromatic rings. The zero-order valence-electron chi connectivity index (χ0n) is 10.7. The normalized spacial score (nSPS) is 11.9. The lowest BCUT2D eigenvalue weighted by atomic mass is 10.1. The van der Waals surface area contributed by atoms with Crippen LogP contribution < -0.4 is 11.1 Å². The maximum absolute atomic E-state index is 10.8. The second-order valence-electron chi connectivity index (χ2n) is 4.31. The third kappa shape index (κ3) is 3.45. The van der Waals surface area contributed by atoms with Crippen LogP contribution in [0.2, 0.25) is 0 Å². The molecule has 0 saturated heterocycles. The molecule has 6 nitrogen and oxygen atoms in total. The van der Waals surface area contributed by atoms with Gasteiger partial charge in [0.2, 0.25) is 0 Å². The number of anilines is 2. The number of aromatic nitrogens is 1. The van der Waals surface area contributed by atoms with Crippen molar-refractivity contribution < 1.29 is 4.92 Å². The summed E-state index contributed by atoms with van der Waals surface area (Å²) in [6.07, 6.45) is 0. The Kier molecular flexibility index (Phi) is 4.19. The zero-order valence-corrected chi connectivity index (χ0v) is 12.3. The predicted octanol–water partition coefficient (Wildman–Crippen LogP) is 3.51. The maximum atomic E-state index is 10.8. The Labute approximate surface area is 124 Å². The molecule has 0 spiro atoms. The van der Waals surface area contributed by atoms with Crippen LogP contribution >= 0.6 is 15.9 Å². The van der Waals surface area contributed by atoms with E-state index >= 15 is 0 Å². The van der Waals surface area contributed by atoms with Crippen LogP contribution in [0, 0.1) is 10.1 Å². The van der Waals surface area contributed by atoms with Gasteiger partial charge in [-0.3, -0.25) is 10.1 Å². The average molecular weight is 337 g/mol.